The summed E-state index contributed by atoms with van der Waals surface area (Å²) in [6.07, 6.45) is 2.11. The fourth-order valence-electron chi connectivity index (χ4n) is 3.09. The Labute approximate surface area is 161 Å². The molecular weight excluding hydrogens is 340 g/mol. The van der Waals surface area contributed by atoms with Crippen molar-refractivity contribution in [3.8, 4) is 0 Å². The number of unbranched alkanes of at least 4 members (excludes halogenated alkanes) is 1. The van der Waals surface area contributed by atoms with Gasteiger partial charge in [0.2, 0.25) is 0 Å². The molecule has 27 heavy (non-hydrogen) atoms. The summed E-state index contributed by atoms with van der Waals surface area (Å²) in [7, 11) is 0. The molecule has 4 nitrogen and oxygen atoms in total. The molecule has 0 aliphatic rings. The van der Waals surface area contributed by atoms with Gasteiger partial charge in [0.05, 0.1) is 11.1 Å². The molecule has 144 valence electrons. The smallest absolute Gasteiger partial charge is 0.338 e. The summed E-state index contributed by atoms with van der Waals surface area (Å²) >= 11 is 0. The molecule has 2 rings (SSSR count). The predicted octanol–water partition coefficient (Wildman–Crippen LogP) is 5.28. The predicted molar refractivity (Wildman–Crippen MR) is 106 cm³/mol. The number of rotatable bonds is 9. The maximum atomic E-state index is 12.4. The van der Waals surface area contributed by atoms with E-state index in [-0.39, 0.29) is 30.1 Å². The molecule has 0 amide bonds. The first-order valence-corrected chi connectivity index (χ1v) is 9.55. The molecule has 0 heterocycles. The normalized spacial score (nSPS) is 14.0. The van der Waals surface area contributed by atoms with Crippen LogP contribution in [-0.2, 0) is 9.47 Å². The highest BCUT2D eigenvalue weighted by Crippen LogP contribution is 2.24. The van der Waals surface area contributed by atoms with E-state index < -0.39 is 0 Å². The molecule has 0 fully saturated rings. The molecule has 0 bridgehead atoms. The fraction of sp³-hybridized carbons (Fsp3) is 0.391. The average molecular weight is 368 g/mol. The lowest BCUT2D eigenvalue weighted by Gasteiger charge is -2.29. The number of carbonyl (C=O) groups is 2. The summed E-state index contributed by atoms with van der Waals surface area (Å²) in [5, 5.41) is 0. The summed E-state index contributed by atoms with van der Waals surface area (Å²) in [6, 6.07) is 17.9. The van der Waals surface area contributed by atoms with Crippen LogP contribution in [0.25, 0.3) is 0 Å². The van der Waals surface area contributed by atoms with Gasteiger partial charge in [-0.05, 0) is 44.5 Å². The van der Waals surface area contributed by atoms with E-state index in [0.29, 0.717) is 11.1 Å². The van der Waals surface area contributed by atoms with Crippen LogP contribution in [0.15, 0.2) is 60.7 Å². The zero-order chi connectivity index (χ0) is 19.6. The third-order valence-corrected chi connectivity index (χ3v) is 4.70. The van der Waals surface area contributed by atoms with Crippen LogP contribution in [0.1, 0.15) is 60.7 Å². The minimum atomic E-state index is -0.358. The van der Waals surface area contributed by atoms with Crippen LogP contribution in [-0.4, -0.2) is 24.1 Å². The van der Waals surface area contributed by atoms with E-state index >= 15 is 0 Å². The fourth-order valence-corrected chi connectivity index (χ4v) is 3.09. The van der Waals surface area contributed by atoms with Crippen LogP contribution in [0.2, 0.25) is 0 Å². The number of ether oxygens (including phenoxy) is 2. The first kappa shape index (κ1) is 20.7. The molecule has 2 atom stereocenters. The summed E-state index contributed by atoms with van der Waals surface area (Å²) in [5.41, 5.74) is 1.04. The van der Waals surface area contributed by atoms with Gasteiger partial charge in [-0.1, -0.05) is 56.2 Å². The van der Waals surface area contributed by atoms with Crippen molar-refractivity contribution in [2.75, 3.05) is 0 Å². The van der Waals surface area contributed by atoms with Crippen molar-refractivity contribution >= 4 is 11.9 Å². The minimum absolute atomic E-state index is 0.0646. The van der Waals surface area contributed by atoms with Crippen LogP contribution >= 0.6 is 0 Å². The summed E-state index contributed by atoms with van der Waals surface area (Å²) in [4.78, 5) is 24.7. The standard InChI is InChI=1S/C23H28O4/c1-4-5-16-21(17(2)26-22(24)19-12-8-6-9-13-19)18(3)27-23(25)20-14-10-7-11-15-20/h6-15,17-18,21H,4-5,16H2,1-3H3. The first-order chi connectivity index (χ1) is 13.0. The van der Waals surface area contributed by atoms with Crippen LogP contribution < -0.4 is 0 Å². The van der Waals surface area contributed by atoms with Crippen LogP contribution in [0.4, 0.5) is 0 Å². The molecule has 0 radical (unpaired) electrons. The molecule has 4 heteroatoms. The van der Waals surface area contributed by atoms with Gasteiger partial charge < -0.3 is 9.47 Å². The Balaban J connectivity index is 2.03. The van der Waals surface area contributed by atoms with Crippen molar-refractivity contribution in [1.29, 1.82) is 0 Å². The van der Waals surface area contributed by atoms with Crippen LogP contribution in [0, 0.1) is 5.92 Å². The van der Waals surface area contributed by atoms with Gasteiger partial charge in [-0.3, -0.25) is 0 Å². The average Bonchev–Trinajstić information content (AvgIpc) is 2.69. The second-order valence-corrected chi connectivity index (χ2v) is 6.76. The highest BCUT2D eigenvalue weighted by molar-refractivity contribution is 5.90. The monoisotopic (exact) mass is 368 g/mol. The molecule has 0 saturated heterocycles. The molecule has 0 saturated carbocycles. The van der Waals surface area contributed by atoms with Gasteiger partial charge in [0.25, 0.3) is 0 Å². The molecule has 0 N–H and O–H groups in total. The van der Waals surface area contributed by atoms with E-state index in [1.165, 1.54) is 0 Å². The zero-order valence-electron chi connectivity index (χ0n) is 16.3. The SMILES string of the molecule is CCCCC(C(C)OC(=O)c1ccccc1)C(C)OC(=O)c1ccccc1. The van der Waals surface area contributed by atoms with E-state index in [4.69, 9.17) is 9.47 Å². The van der Waals surface area contributed by atoms with E-state index in [1.807, 2.05) is 26.0 Å². The van der Waals surface area contributed by atoms with Gasteiger partial charge in [0, 0.05) is 5.92 Å². The molecule has 0 aliphatic carbocycles. The molecular formula is C23H28O4. The van der Waals surface area contributed by atoms with E-state index in [9.17, 15) is 9.59 Å². The van der Waals surface area contributed by atoms with E-state index in [0.717, 1.165) is 19.3 Å². The Kier molecular flexibility index (Phi) is 8.05. The van der Waals surface area contributed by atoms with E-state index in [2.05, 4.69) is 6.92 Å². The molecule has 0 spiro atoms. The Morgan fingerprint density at radius 2 is 1.19 bits per heavy atom. The third-order valence-electron chi connectivity index (χ3n) is 4.70. The van der Waals surface area contributed by atoms with Crippen molar-refractivity contribution in [3.63, 3.8) is 0 Å². The van der Waals surface area contributed by atoms with Gasteiger partial charge in [-0.25, -0.2) is 9.59 Å². The van der Waals surface area contributed by atoms with Crippen molar-refractivity contribution in [2.45, 2.75) is 52.2 Å². The van der Waals surface area contributed by atoms with Crippen molar-refractivity contribution in [1.82, 2.24) is 0 Å². The van der Waals surface area contributed by atoms with Gasteiger partial charge in [-0.15, -0.1) is 0 Å². The van der Waals surface area contributed by atoms with E-state index in [1.54, 1.807) is 48.5 Å². The highest BCUT2D eigenvalue weighted by Gasteiger charge is 2.29. The number of carbonyl (C=O) groups excluding carboxylic acids is 2. The molecule has 2 aromatic carbocycles. The highest BCUT2D eigenvalue weighted by atomic mass is 16.6. The third kappa shape index (κ3) is 6.24. The zero-order valence-corrected chi connectivity index (χ0v) is 16.3. The number of hydrogen-bond acceptors (Lipinski definition) is 4. The summed E-state index contributed by atoms with van der Waals surface area (Å²) < 4.78 is 11.3. The Morgan fingerprint density at radius 3 is 1.56 bits per heavy atom. The number of benzene rings is 2. The Morgan fingerprint density at radius 1 is 0.778 bits per heavy atom. The Hall–Kier alpha value is -2.62. The maximum absolute atomic E-state index is 12.4. The lowest BCUT2D eigenvalue weighted by molar-refractivity contribution is -0.0250. The van der Waals surface area contributed by atoms with Gasteiger partial charge >= 0.3 is 11.9 Å². The topological polar surface area (TPSA) is 52.6 Å². The number of hydrogen-bond donors (Lipinski definition) is 0. The summed E-state index contributed by atoms with van der Waals surface area (Å²) in [6.45, 7) is 5.85. The Bertz CT molecular complexity index is 652. The quantitative estimate of drug-likeness (QED) is 0.565. The lowest BCUT2D eigenvalue weighted by Crippen LogP contribution is -2.35. The number of esters is 2. The summed E-state index contributed by atoms with van der Waals surface area (Å²) in [5.74, 6) is -0.775. The molecule has 2 unspecified atom stereocenters. The van der Waals surface area contributed by atoms with Crippen molar-refractivity contribution < 1.29 is 19.1 Å². The second kappa shape index (κ2) is 10.5. The van der Waals surface area contributed by atoms with Crippen LogP contribution in [0.5, 0.6) is 0 Å². The van der Waals surface area contributed by atoms with Crippen LogP contribution in [0.3, 0.4) is 0 Å². The molecule has 0 aliphatic heterocycles. The maximum Gasteiger partial charge on any atom is 0.338 e. The molecule has 2 aromatic rings. The van der Waals surface area contributed by atoms with Crippen molar-refractivity contribution in [2.24, 2.45) is 5.92 Å². The molecule has 0 aromatic heterocycles. The first-order valence-electron chi connectivity index (χ1n) is 9.55. The minimum Gasteiger partial charge on any atom is -0.459 e. The van der Waals surface area contributed by atoms with Gasteiger partial charge in [0.15, 0.2) is 0 Å². The van der Waals surface area contributed by atoms with Gasteiger partial charge in [-0.2, -0.15) is 0 Å². The van der Waals surface area contributed by atoms with Crippen molar-refractivity contribution in [3.05, 3.63) is 71.8 Å². The second-order valence-electron chi connectivity index (χ2n) is 6.76. The largest absolute Gasteiger partial charge is 0.459 e. The lowest BCUT2D eigenvalue weighted by atomic mass is 9.91. The van der Waals surface area contributed by atoms with Gasteiger partial charge in [0.1, 0.15) is 12.2 Å².